The van der Waals surface area contributed by atoms with Gasteiger partial charge in [-0.15, -0.1) is 0 Å². The molecule has 6 heteroatoms. The summed E-state index contributed by atoms with van der Waals surface area (Å²) in [5.41, 5.74) is 0.513. The van der Waals surface area contributed by atoms with E-state index in [1.807, 2.05) is 0 Å². The number of halogens is 2. The molecule has 0 saturated heterocycles. The first-order valence-corrected chi connectivity index (χ1v) is 5.21. The second-order valence-electron chi connectivity index (χ2n) is 2.63. The molecule has 1 N–H and O–H groups in total. The molecule has 0 fully saturated rings. The van der Waals surface area contributed by atoms with Crippen LogP contribution < -0.4 is 5.69 Å². The lowest BCUT2D eigenvalue weighted by Crippen LogP contribution is -2.14. The van der Waals surface area contributed by atoms with E-state index in [1.54, 1.807) is 18.2 Å². The Morgan fingerprint density at radius 3 is 2.86 bits per heavy atom. The van der Waals surface area contributed by atoms with E-state index in [2.05, 4.69) is 32.8 Å². The van der Waals surface area contributed by atoms with Crippen LogP contribution in [0, 0.1) is 3.57 Å². The van der Waals surface area contributed by atoms with Crippen molar-refractivity contribution in [1.82, 2.24) is 14.8 Å². The first kappa shape index (κ1) is 9.72. The topological polar surface area (TPSA) is 50.7 Å². The average molecular weight is 322 g/mol. The minimum absolute atomic E-state index is 0.259. The summed E-state index contributed by atoms with van der Waals surface area (Å²) < 4.78 is 2.33. The molecule has 14 heavy (non-hydrogen) atoms. The van der Waals surface area contributed by atoms with Gasteiger partial charge in [0.2, 0.25) is 0 Å². The minimum atomic E-state index is -0.259. The molecule has 0 aliphatic rings. The third-order valence-corrected chi connectivity index (χ3v) is 2.82. The van der Waals surface area contributed by atoms with Crippen molar-refractivity contribution in [3.63, 3.8) is 0 Å². The van der Waals surface area contributed by atoms with Crippen LogP contribution in [0.2, 0.25) is 5.02 Å². The molecule has 1 heterocycles. The van der Waals surface area contributed by atoms with E-state index in [4.69, 9.17) is 11.6 Å². The fourth-order valence-corrected chi connectivity index (χ4v) is 2.23. The lowest BCUT2D eigenvalue weighted by Gasteiger charge is -2.03. The van der Waals surface area contributed by atoms with E-state index in [0.29, 0.717) is 5.02 Å². The van der Waals surface area contributed by atoms with E-state index in [-0.39, 0.29) is 5.69 Å². The van der Waals surface area contributed by atoms with Crippen molar-refractivity contribution in [2.45, 2.75) is 0 Å². The number of aromatic nitrogens is 3. The molecule has 0 bridgehead atoms. The molecule has 0 radical (unpaired) electrons. The fourth-order valence-electron chi connectivity index (χ4n) is 1.10. The highest BCUT2D eigenvalue weighted by molar-refractivity contribution is 14.1. The maximum Gasteiger partial charge on any atom is 0.347 e. The van der Waals surface area contributed by atoms with Gasteiger partial charge >= 0.3 is 5.69 Å². The number of benzene rings is 1. The smallest absolute Gasteiger partial charge is 0.249 e. The third kappa shape index (κ3) is 1.69. The maximum absolute atomic E-state index is 11.3. The predicted molar refractivity (Wildman–Crippen MR) is 61.9 cm³/mol. The van der Waals surface area contributed by atoms with Crippen LogP contribution in [0.4, 0.5) is 0 Å². The molecular weight excluding hydrogens is 316 g/mol. The Hall–Kier alpha value is -0.820. The van der Waals surface area contributed by atoms with Gasteiger partial charge in [-0.05, 0) is 40.8 Å². The van der Waals surface area contributed by atoms with Gasteiger partial charge in [-0.25, -0.2) is 14.5 Å². The molecule has 1 aromatic heterocycles. The van der Waals surface area contributed by atoms with Crippen molar-refractivity contribution in [2.24, 2.45) is 0 Å². The third-order valence-electron chi connectivity index (χ3n) is 1.72. The summed E-state index contributed by atoms with van der Waals surface area (Å²) in [6.45, 7) is 0. The van der Waals surface area contributed by atoms with Gasteiger partial charge in [0.25, 0.3) is 0 Å². The van der Waals surface area contributed by atoms with Crippen LogP contribution in [0.25, 0.3) is 5.69 Å². The zero-order chi connectivity index (χ0) is 10.1. The van der Waals surface area contributed by atoms with Gasteiger partial charge in [0.05, 0.1) is 5.69 Å². The normalized spacial score (nSPS) is 10.4. The number of nitrogens with zero attached hydrogens (tertiary/aromatic N) is 2. The molecule has 0 aliphatic heterocycles. The Kier molecular flexibility index (Phi) is 2.60. The highest BCUT2D eigenvalue weighted by Crippen LogP contribution is 2.19. The van der Waals surface area contributed by atoms with Gasteiger partial charge in [0.1, 0.15) is 6.33 Å². The summed E-state index contributed by atoms with van der Waals surface area (Å²) in [6.07, 6.45) is 1.44. The number of nitrogens with one attached hydrogen (secondary N) is 1. The molecule has 0 unspecified atom stereocenters. The zero-order valence-electron chi connectivity index (χ0n) is 6.87. The SMILES string of the molecule is O=c1[nH]ncn1-c1ccc(Cl)cc1I. The maximum atomic E-state index is 11.3. The van der Waals surface area contributed by atoms with E-state index in [9.17, 15) is 4.79 Å². The van der Waals surface area contributed by atoms with Crippen molar-refractivity contribution in [3.05, 3.63) is 43.6 Å². The Labute approximate surface area is 98.0 Å². The van der Waals surface area contributed by atoms with Crippen molar-refractivity contribution in [1.29, 1.82) is 0 Å². The molecule has 0 spiro atoms. The summed E-state index contributed by atoms with van der Waals surface area (Å²) in [6, 6.07) is 5.30. The van der Waals surface area contributed by atoms with Gasteiger partial charge in [-0.1, -0.05) is 11.6 Å². The van der Waals surface area contributed by atoms with Crippen LogP contribution in [-0.2, 0) is 0 Å². The highest BCUT2D eigenvalue weighted by atomic mass is 127. The lowest BCUT2D eigenvalue weighted by atomic mass is 10.3. The molecule has 0 amide bonds. The van der Waals surface area contributed by atoms with Crippen molar-refractivity contribution >= 4 is 34.2 Å². The monoisotopic (exact) mass is 321 g/mol. The summed E-state index contributed by atoms with van der Waals surface area (Å²) in [5, 5.41) is 6.63. The zero-order valence-corrected chi connectivity index (χ0v) is 9.78. The number of hydrogen-bond donors (Lipinski definition) is 1. The summed E-state index contributed by atoms with van der Waals surface area (Å²) in [7, 11) is 0. The molecule has 2 aromatic rings. The van der Waals surface area contributed by atoms with Gasteiger partial charge in [-0.2, -0.15) is 5.10 Å². The van der Waals surface area contributed by atoms with E-state index < -0.39 is 0 Å². The lowest BCUT2D eigenvalue weighted by molar-refractivity contribution is 0.977. The number of H-pyrrole nitrogens is 1. The first-order chi connectivity index (χ1) is 6.68. The van der Waals surface area contributed by atoms with E-state index >= 15 is 0 Å². The molecule has 1 aromatic carbocycles. The molecular formula is C8H5ClIN3O. The summed E-state index contributed by atoms with van der Waals surface area (Å²) >= 11 is 7.92. The molecule has 0 aliphatic carbocycles. The van der Waals surface area contributed by atoms with Crippen LogP contribution in [0.5, 0.6) is 0 Å². The van der Waals surface area contributed by atoms with Crippen LogP contribution in [0.1, 0.15) is 0 Å². The van der Waals surface area contributed by atoms with Crippen LogP contribution >= 0.6 is 34.2 Å². The Bertz CT molecular complexity index is 519. The number of aromatic amines is 1. The predicted octanol–water partition coefficient (Wildman–Crippen LogP) is 1.82. The van der Waals surface area contributed by atoms with Gasteiger partial charge in [-0.3, -0.25) is 0 Å². The van der Waals surface area contributed by atoms with Crippen LogP contribution in [-0.4, -0.2) is 14.8 Å². The molecule has 4 nitrogen and oxygen atoms in total. The van der Waals surface area contributed by atoms with Gasteiger partial charge < -0.3 is 0 Å². The first-order valence-electron chi connectivity index (χ1n) is 3.76. The van der Waals surface area contributed by atoms with Gasteiger partial charge in [0, 0.05) is 8.59 Å². The summed E-state index contributed by atoms with van der Waals surface area (Å²) in [4.78, 5) is 11.3. The molecule has 2 rings (SSSR count). The molecule has 0 saturated carbocycles. The van der Waals surface area contributed by atoms with Crippen molar-refractivity contribution < 1.29 is 0 Å². The largest absolute Gasteiger partial charge is 0.347 e. The Morgan fingerprint density at radius 1 is 1.50 bits per heavy atom. The molecule has 0 atom stereocenters. The van der Waals surface area contributed by atoms with E-state index in [0.717, 1.165) is 9.26 Å². The Balaban J connectivity index is 2.63. The standard InChI is InChI=1S/C8H5ClIN3O/c9-5-1-2-7(6(10)3-5)13-4-11-12-8(13)14/h1-4H,(H,12,14). The second-order valence-corrected chi connectivity index (χ2v) is 4.23. The van der Waals surface area contributed by atoms with Crippen molar-refractivity contribution in [3.8, 4) is 5.69 Å². The minimum Gasteiger partial charge on any atom is -0.249 e. The molecule has 72 valence electrons. The number of hydrogen-bond acceptors (Lipinski definition) is 2. The Morgan fingerprint density at radius 2 is 2.29 bits per heavy atom. The fraction of sp³-hybridized carbons (Fsp3) is 0. The average Bonchev–Trinajstić information content (AvgIpc) is 2.52. The quantitative estimate of drug-likeness (QED) is 0.815. The van der Waals surface area contributed by atoms with Crippen LogP contribution in [0.3, 0.4) is 0 Å². The van der Waals surface area contributed by atoms with Crippen LogP contribution in [0.15, 0.2) is 29.3 Å². The van der Waals surface area contributed by atoms with Gasteiger partial charge in [0.15, 0.2) is 0 Å². The summed E-state index contributed by atoms with van der Waals surface area (Å²) in [5.74, 6) is 0. The highest BCUT2D eigenvalue weighted by Gasteiger charge is 2.05. The van der Waals surface area contributed by atoms with Crippen molar-refractivity contribution in [2.75, 3.05) is 0 Å². The number of rotatable bonds is 1. The second kappa shape index (κ2) is 3.74. The van der Waals surface area contributed by atoms with E-state index in [1.165, 1.54) is 10.9 Å².